The third-order valence-corrected chi connectivity index (χ3v) is 5.82. The van der Waals surface area contributed by atoms with Crippen molar-refractivity contribution in [1.82, 2.24) is 10.2 Å². The number of anilines is 1. The lowest BCUT2D eigenvalue weighted by Gasteiger charge is -2.22. The summed E-state index contributed by atoms with van der Waals surface area (Å²) in [7, 11) is -3.27. The number of hydrogen-bond acceptors (Lipinski definition) is 3. The second-order valence-corrected chi connectivity index (χ2v) is 7.42. The second-order valence-electron chi connectivity index (χ2n) is 5.45. The first-order chi connectivity index (χ1) is 10.1. The van der Waals surface area contributed by atoms with Crippen LogP contribution in [0.4, 0.5) is 5.69 Å². The van der Waals surface area contributed by atoms with Crippen LogP contribution in [-0.4, -0.2) is 23.9 Å². The number of aromatic nitrogens is 2. The third kappa shape index (κ3) is 3.26. The Morgan fingerprint density at radius 2 is 1.76 bits per heavy atom. The molecule has 0 atom stereocenters. The van der Waals surface area contributed by atoms with Gasteiger partial charge in [0, 0.05) is 11.9 Å². The monoisotopic (exact) mass is 305 g/mol. The fraction of sp³-hybridized carbons (Fsp3) is 0.400. The molecule has 1 aromatic carbocycles. The second kappa shape index (κ2) is 5.89. The highest BCUT2D eigenvalue weighted by molar-refractivity contribution is 7.93. The fourth-order valence-corrected chi connectivity index (χ4v) is 4.34. The van der Waals surface area contributed by atoms with Gasteiger partial charge in [0.15, 0.2) is 0 Å². The van der Waals surface area contributed by atoms with Gasteiger partial charge in [-0.05, 0) is 36.6 Å². The number of hydrogen-bond donors (Lipinski definition) is 2. The minimum Gasteiger partial charge on any atom is -0.283 e. The van der Waals surface area contributed by atoms with E-state index in [2.05, 4.69) is 14.9 Å². The Morgan fingerprint density at radius 3 is 2.38 bits per heavy atom. The van der Waals surface area contributed by atoms with Crippen LogP contribution >= 0.6 is 0 Å². The molecule has 0 saturated heterocycles. The van der Waals surface area contributed by atoms with Crippen LogP contribution in [0.1, 0.15) is 32.1 Å². The lowest BCUT2D eigenvalue weighted by molar-refractivity contribution is 0.486. The third-order valence-electron chi connectivity index (χ3n) is 3.95. The van der Waals surface area contributed by atoms with Gasteiger partial charge < -0.3 is 0 Å². The molecular formula is C15H19N3O2S. The molecule has 1 saturated carbocycles. The van der Waals surface area contributed by atoms with E-state index in [1.54, 1.807) is 18.3 Å². The molecule has 0 amide bonds. The highest BCUT2D eigenvalue weighted by atomic mass is 32.2. The van der Waals surface area contributed by atoms with E-state index in [0.29, 0.717) is 5.69 Å². The normalized spacial score (nSPS) is 16.8. The number of rotatable bonds is 4. The standard InChI is InChI=1S/C15H19N3O2S/c19-21(20,14-4-2-1-3-5-14)18-13-8-6-12(7-9-13)15-10-11-16-17-15/h6-11,14,18H,1-5H2,(H,16,17). The predicted molar refractivity (Wildman–Crippen MR) is 83.4 cm³/mol. The summed E-state index contributed by atoms with van der Waals surface area (Å²) in [5.74, 6) is 0. The van der Waals surface area contributed by atoms with Gasteiger partial charge in [-0.2, -0.15) is 5.10 Å². The van der Waals surface area contributed by atoms with Crippen LogP contribution in [0.25, 0.3) is 11.3 Å². The molecule has 0 aliphatic heterocycles. The molecule has 0 radical (unpaired) electrons. The first kappa shape index (κ1) is 14.1. The average molecular weight is 305 g/mol. The van der Waals surface area contributed by atoms with Crippen LogP contribution in [0, 0.1) is 0 Å². The zero-order valence-corrected chi connectivity index (χ0v) is 12.6. The van der Waals surface area contributed by atoms with E-state index in [9.17, 15) is 8.42 Å². The molecule has 0 bridgehead atoms. The van der Waals surface area contributed by atoms with Gasteiger partial charge in [-0.3, -0.25) is 9.82 Å². The van der Waals surface area contributed by atoms with Gasteiger partial charge in [0.2, 0.25) is 10.0 Å². The number of H-pyrrole nitrogens is 1. The Bertz CT molecular complexity index is 672. The van der Waals surface area contributed by atoms with Crippen LogP contribution in [0.15, 0.2) is 36.5 Å². The predicted octanol–water partition coefficient (Wildman–Crippen LogP) is 3.15. The lowest BCUT2D eigenvalue weighted by atomic mass is 10.0. The minimum absolute atomic E-state index is 0.251. The van der Waals surface area contributed by atoms with E-state index < -0.39 is 10.0 Å². The van der Waals surface area contributed by atoms with E-state index >= 15 is 0 Å². The number of aromatic amines is 1. The summed E-state index contributed by atoms with van der Waals surface area (Å²) in [4.78, 5) is 0. The number of nitrogens with one attached hydrogen (secondary N) is 2. The van der Waals surface area contributed by atoms with Crippen molar-refractivity contribution in [2.24, 2.45) is 0 Å². The van der Waals surface area contributed by atoms with Crippen molar-refractivity contribution >= 4 is 15.7 Å². The molecule has 1 heterocycles. The molecule has 2 aromatic rings. The van der Waals surface area contributed by atoms with Gasteiger partial charge >= 0.3 is 0 Å². The van der Waals surface area contributed by atoms with Gasteiger partial charge in [-0.1, -0.05) is 31.4 Å². The molecule has 1 aromatic heterocycles. The Kier molecular flexibility index (Phi) is 3.96. The minimum atomic E-state index is -3.27. The first-order valence-corrected chi connectivity index (χ1v) is 8.81. The summed E-state index contributed by atoms with van der Waals surface area (Å²) in [5.41, 5.74) is 2.51. The average Bonchev–Trinajstić information content (AvgIpc) is 3.03. The summed E-state index contributed by atoms with van der Waals surface area (Å²) in [6.07, 6.45) is 6.37. The molecule has 21 heavy (non-hydrogen) atoms. The number of benzene rings is 1. The van der Waals surface area contributed by atoms with Crippen molar-refractivity contribution in [3.63, 3.8) is 0 Å². The zero-order chi connectivity index (χ0) is 14.7. The summed E-state index contributed by atoms with van der Waals surface area (Å²) < 4.78 is 27.4. The molecule has 0 spiro atoms. The van der Waals surface area contributed by atoms with Crippen molar-refractivity contribution in [3.8, 4) is 11.3 Å². The Morgan fingerprint density at radius 1 is 1.05 bits per heavy atom. The molecule has 3 rings (SSSR count). The molecule has 1 aliphatic carbocycles. The summed E-state index contributed by atoms with van der Waals surface area (Å²) in [6, 6.07) is 9.22. The van der Waals surface area contributed by atoms with Crippen molar-refractivity contribution < 1.29 is 8.42 Å². The van der Waals surface area contributed by atoms with Crippen molar-refractivity contribution in [2.45, 2.75) is 37.4 Å². The van der Waals surface area contributed by atoms with E-state index in [0.717, 1.165) is 43.4 Å². The van der Waals surface area contributed by atoms with Crippen molar-refractivity contribution in [3.05, 3.63) is 36.5 Å². The van der Waals surface area contributed by atoms with Crippen LogP contribution < -0.4 is 4.72 Å². The smallest absolute Gasteiger partial charge is 0.235 e. The van der Waals surface area contributed by atoms with E-state index in [1.807, 2.05) is 18.2 Å². The van der Waals surface area contributed by atoms with Crippen LogP contribution in [0.2, 0.25) is 0 Å². The van der Waals surface area contributed by atoms with Crippen molar-refractivity contribution in [2.75, 3.05) is 4.72 Å². The molecule has 1 fully saturated rings. The Balaban J connectivity index is 1.72. The molecule has 1 aliphatic rings. The Hall–Kier alpha value is -1.82. The summed E-state index contributed by atoms with van der Waals surface area (Å²) >= 11 is 0. The zero-order valence-electron chi connectivity index (χ0n) is 11.7. The van der Waals surface area contributed by atoms with Crippen LogP contribution in [0.5, 0.6) is 0 Å². The quantitative estimate of drug-likeness (QED) is 0.911. The topological polar surface area (TPSA) is 74.8 Å². The van der Waals surface area contributed by atoms with E-state index in [1.165, 1.54) is 0 Å². The maximum atomic E-state index is 12.3. The maximum absolute atomic E-state index is 12.3. The largest absolute Gasteiger partial charge is 0.283 e. The van der Waals surface area contributed by atoms with Gasteiger partial charge in [0.1, 0.15) is 0 Å². The summed E-state index contributed by atoms with van der Waals surface area (Å²) in [5, 5.41) is 6.54. The summed E-state index contributed by atoms with van der Waals surface area (Å²) in [6.45, 7) is 0. The van der Waals surface area contributed by atoms with Crippen LogP contribution in [0.3, 0.4) is 0 Å². The molecule has 5 nitrogen and oxygen atoms in total. The van der Waals surface area contributed by atoms with Gasteiger partial charge in [-0.15, -0.1) is 0 Å². The SMILES string of the molecule is O=S(=O)(Nc1ccc(-c2ccn[nH]2)cc1)C1CCCCC1. The molecule has 0 unspecified atom stereocenters. The lowest BCUT2D eigenvalue weighted by Crippen LogP contribution is -2.29. The van der Waals surface area contributed by atoms with Gasteiger partial charge in [-0.25, -0.2) is 8.42 Å². The van der Waals surface area contributed by atoms with Crippen molar-refractivity contribution in [1.29, 1.82) is 0 Å². The molecule has 112 valence electrons. The fourth-order valence-electron chi connectivity index (χ4n) is 2.76. The van der Waals surface area contributed by atoms with E-state index in [-0.39, 0.29) is 5.25 Å². The molecular weight excluding hydrogens is 286 g/mol. The highest BCUT2D eigenvalue weighted by Crippen LogP contribution is 2.26. The molecule has 6 heteroatoms. The maximum Gasteiger partial charge on any atom is 0.235 e. The van der Waals surface area contributed by atoms with E-state index in [4.69, 9.17) is 0 Å². The highest BCUT2D eigenvalue weighted by Gasteiger charge is 2.27. The first-order valence-electron chi connectivity index (χ1n) is 7.26. The molecule has 2 N–H and O–H groups in total. The number of sulfonamides is 1. The number of nitrogens with zero attached hydrogens (tertiary/aromatic N) is 1. The van der Waals surface area contributed by atoms with Gasteiger partial charge in [0.25, 0.3) is 0 Å². The Labute approximate surface area is 124 Å². The van der Waals surface area contributed by atoms with Gasteiger partial charge in [0.05, 0.1) is 10.9 Å². The van der Waals surface area contributed by atoms with Crippen LogP contribution in [-0.2, 0) is 10.0 Å².